The highest BCUT2D eigenvalue weighted by Crippen LogP contribution is 2.05. The van der Waals surface area contributed by atoms with Crippen molar-refractivity contribution < 1.29 is 0 Å². The standard InChI is InChI=1S/C15H24N6S.HI/c1-3-16-15(18-10-12-22-2)17-9-6-8-14-20-19-13-7-4-5-11-21(13)14;/h4-5,7,11H,3,6,8-10,12H2,1-2H3,(H2,16,17,18);1H. The van der Waals surface area contributed by atoms with Gasteiger partial charge in [0.25, 0.3) is 0 Å². The highest BCUT2D eigenvalue weighted by molar-refractivity contribution is 14.0. The Labute approximate surface area is 159 Å². The zero-order valence-corrected chi connectivity index (χ0v) is 16.8. The van der Waals surface area contributed by atoms with Gasteiger partial charge in [0.2, 0.25) is 0 Å². The third-order valence-electron chi connectivity index (χ3n) is 3.16. The van der Waals surface area contributed by atoms with Crippen molar-refractivity contribution in [3.05, 3.63) is 30.2 Å². The molecule has 0 aliphatic rings. The predicted octanol–water partition coefficient (Wildman–Crippen LogP) is 2.20. The van der Waals surface area contributed by atoms with Gasteiger partial charge in [-0.1, -0.05) is 6.07 Å². The van der Waals surface area contributed by atoms with Crippen molar-refractivity contribution in [2.75, 3.05) is 31.6 Å². The van der Waals surface area contributed by atoms with Gasteiger partial charge in [0.15, 0.2) is 11.6 Å². The molecule has 0 bridgehead atoms. The van der Waals surface area contributed by atoms with Crippen LogP contribution in [-0.4, -0.2) is 52.2 Å². The van der Waals surface area contributed by atoms with E-state index in [-0.39, 0.29) is 24.0 Å². The first-order chi connectivity index (χ1) is 10.8. The third-order valence-corrected chi connectivity index (χ3v) is 3.77. The van der Waals surface area contributed by atoms with Gasteiger partial charge in [-0.15, -0.1) is 34.2 Å². The van der Waals surface area contributed by atoms with Crippen LogP contribution in [0.4, 0.5) is 0 Å². The maximum atomic E-state index is 4.59. The van der Waals surface area contributed by atoms with E-state index in [9.17, 15) is 0 Å². The van der Waals surface area contributed by atoms with Crippen LogP contribution in [0.5, 0.6) is 0 Å². The number of aromatic nitrogens is 3. The number of thioether (sulfide) groups is 1. The number of rotatable bonds is 8. The molecule has 0 aromatic carbocycles. The molecule has 0 atom stereocenters. The molecule has 0 saturated carbocycles. The minimum Gasteiger partial charge on any atom is -0.357 e. The lowest BCUT2D eigenvalue weighted by molar-refractivity contribution is 0.757. The predicted molar refractivity (Wildman–Crippen MR) is 109 cm³/mol. The fraction of sp³-hybridized carbons (Fsp3) is 0.533. The van der Waals surface area contributed by atoms with Crippen LogP contribution in [-0.2, 0) is 6.42 Å². The van der Waals surface area contributed by atoms with Gasteiger partial charge in [0.05, 0.1) is 0 Å². The van der Waals surface area contributed by atoms with Crippen LogP contribution in [0, 0.1) is 0 Å². The summed E-state index contributed by atoms with van der Waals surface area (Å²) in [6.07, 6.45) is 5.93. The van der Waals surface area contributed by atoms with E-state index in [1.165, 1.54) is 0 Å². The average molecular weight is 448 g/mol. The number of fused-ring (bicyclic) bond motifs is 1. The molecule has 2 aromatic heterocycles. The van der Waals surface area contributed by atoms with Gasteiger partial charge in [-0.05, 0) is 31.7 Å². The molecule has 0 radical (unpaired) electrons. The summed E-state index contributed by atoms with van der Waals surface area (Å²) >= 11 is 1.83. The molecule has 23 heavy (non-hydrogen) atoms. The Bertz CT molecular complexity index is 600. The average Bonchev–Trinajstić information content (AvgIpc) is 2.95. The first kappa shape index (κ1) is 20.0. The van der Waals surface area contributed by atoms with Crippen LogP contribution < -0.4 is 10.6 Å². The minimum absolute atomic E-state index is 0. The fourth-order valence-corrected chi connectivity index (χ4v) is 2.41. The van der Waals surface area contributed by atoms with Gasteiger partial charge in [-0.3, -0.25) is 9.39 Å². The van der Waals surface area contributed by atoms with E-state index >= 15 is 0 Å². The quantitative estimate of drug-likeness (QED) is 0.281. The molecule has 0 aliphatic carbocycles. The Morgan fingerprint density at radius 1 is 1.30 bits per heavy atom. The Balaban J connectivity index is 0.00000264. The summed E-state index contributed by atoms with van der Waals surface area (Å²) in [6, 6.07) is 5.94. The molecular formula is C15H25IN6S. The second-order valence-corrected chi connectivity index (χ2v) is 5.81. The molecule has 128 valence electrons. The van der Waals surface area contributed by atoms with Crippen molar-refractivity contribution in [3.63, 3.8) is 0 Å². The normalized spacial score (nSPS) is 11.3. The van der Waals surface area contributed by atoms with Crippen LogP contribution in [0.25, 0.3) is 5.65 Å². The number of hydrogen-bond acceptors (Lipinski definition) is 4. The van der Waals surface area contributed by atoms with E-state index < -0.39 is 0 Å². The molecule has 6 nitrogen and oxygen atoms in total. The lowest BCUT2D eigenvalue weighted by atomic mass is 10.3. The van der Waals surface area contributed by atoms with Gasteiger partial charge < -0.3 is 10.6 Å². The largest absolute Gasteiger partial charge is 0.357 e. The summed E-state index contributed by atoms with van der Waals surface area (Å²) < 4.78 is 2.03. The summed E-state index contributed by atoms with van der Waals surface area (Å²) in [5, 5.41) is 15.0. The molecule has 0 spiro atoms. The molecule has 2 rings (SSSR count). The number of aliphatic imine (C=N–C) groups is 1. The summed E-state index contributed by atoms with van der Waals surface area (Å²) in [7, 11) is 0. The Kier molecular flexibility index (Phi) is 10.0. The van der Waals surface area contributed by atoms with Crippen LogP contribution in [0.2, 0.25) is 0 Å². The first-order valence-electron chi connectivity index (χ1n) is 7.65. The van der Waals surface area contributed by atoms with Crippen molar-refractivity contribution in [3.8, 4) is 0 Å². The second-order valence-electron chi connectivity index (χ2n) is 4.83. The molecule has 0 unspecified atom stereocenters. The zero-order valence-electron chi connectivity index (χ0n) is 13.7. The fourth-order valence-electron chi connectivity index (χ4n) is 2.10. The molecule has 0 aliphatic heterocycles. The lowest BCUT2D eigenvalue weighted by Crippen LogP contribution is -2.38. The van der Waals surface area contributed by atoms with E-state index in [0.717, 1.165) is 55.7 Å². The van der Waals surface area contributed by atoms with E-state index in [4.69, 9.17) is 0 Å². The topological polar surface area (TPSA) is 66.6 Å². The van der Waals surface area contributed by atoms with Gasteiger partial charge in [0.1, 0.15) is 5.82 Å². The lowest BCUT2D eigenvalue weighted by Gasteiger charge is -2.10. The molecule has 2 N–H and O–H groups in total. The molecule has 0 amide bonds. The summed E-state index contributed by atoms with van der Waals surface area (Å²) in [4.78, 5) is 4.59. The molecule has 2 heterocycles. The van der Waals surface area contributed by atoms with Crippen LogP contribution in [0.15, 0.2) is 29.4 Å². The van der Waals surface area contributed by atoms with E-state index in [1.807, 2.05) is 40.6 Å². The Morgan fingerprint density at radius 3 is 2.96 bits per heavy atom. The van der Waals surface area contributed by atoms with Crippen molar-refractivity contribution in [1.82, 2.24) is 25.2 Å². The molecular weight excluding hydrogens is 423 g/mol. The molecule has 0 fully saturated rings. The number of aryl methyl sites for hydroxylation is 1. The number of guanidine groups is 1. The van der Waals surface area contributed by atoms with Gasteiger partial charge in [0, 0.05) is 38.0 Å². The van der Waals surface area contributed by atoms with Crippen LogP contribution in [0.1, 0.15) is 19.2 Å². The number of halogens is 1. The van der Waals surface area contributed by atoms with Crippen molar-refractivity contribution >= 4 is 47.3 Å². The number of hydrogen-bond donors (Lipinski definition) is 2. The minimum atomic E-state index is 0. The van der Waals surface area contributed by atoms with E-state index in [0.29, 0.717) is 0 Å². The smallest absolute Gasteiger partial charge is 0.191 e. The summed E-state index contributed by atoms with van der Waals surface area (Å²) in [5.74, 6) is 2.96. The molecule has 0 saturated heterocycles. The van der Waals surface area contributed by atoms with Crippen molar-refractivity contribution in [1.29, 1.82) is 0 Å². The van der Waals surface area contributed by atoms with E-state index in [1.54, 1.807) is 0 Å². The van der Waals surface area contributed by atoms with Crippen molar-refractivity contribution in [2.45, 2.75) is 19.8 Å². The zero-order chi connectivity index (χ0) is 15.6. The van der Waals surface area contributed by atoms with E-state index in [2.05, 4.69) is 39.0 Å². The highest BCUT2D eigenvalue weighted by Gasteiger charge is 2.03. The summed E-state index contributed by atoms with van der Waals surface area (Å²) in [6.45, 7) is 4.66. The molecule has 2 aromatic rings. The van der Waals surface area contributed by atoms with Gasteiger partial charge >= 0.3 is 0 Å². The van der Waals surface area contributed by atoms with Gasteiger partial charge in [-0.25, -0.2) is 0 Å². The molecule has 8 heteroatoms. The highest BCUT2D eigenvalue weighted by atomic mass is 127. The SMILES string of the molecule is CCNC(=NCCCc1nnc2ccccn12)NCCSC.I. The van der Waals surface area contributed by atoms with Gasteiger partial charge in [-0.2, -0.15) is 11.8 Å². The van der Waals surface area contributed by atoms with Crippen molar-refractivity contribution in [2.24, 2.45) is 4.99 Å². The maximum Gasteiger partial charge on any atom is 0.191 e. The third kappa shape index (κ3) is 6.54. The Morgan fingerprint density at radius 2 is 2.17 bits per heavy atom. The number of nitrogens with zero attached hydrogens (tertiary/aromatic N) is 4. The number of pyridine rings is 1. The Hall–Kier alpha value is -1.03. The first-order valence-corrected chi connectivity index (χ1v) is 9.04. The van der Waals surface area contributed by atoms with Crippen LogP contribution in [0.3, 0.4) is 0 Å². The second kappa shape index (κ2) is 11.5. The monoisotopic (exact) mass is 448 g/mol. The number of nitrogens with one attached hydrogen (secondary N) is 2. The summed E-state index contributed by atoms with van der Waals surface area (Å²) in [5.41, 5.74) is 0.896. The van der Waals surface area contributed by atoms with Crippen LogP contribution >= 0.6 is 35.7 Å². The maximum absolute atomic E-state index is 4.59.